The second-order valence-corrected chi connectivity index (χ2v) is 7.61. The lowest BCUT2D eigenvalue weighted by Crippen LogP contribution is -2.50. The zero-order chi connectivity index (χ0) is 12.7. The average molecular weight is 269 g/mol. The highest BCUT2D eigenvalue weighted by molar-refractivity contribution is 7.99. The van der Waals surface area contributed by atoms with Crippen LogP contribution in [0.25, 0.3) is 0 Å². The number of rotatable bonds is 2. The molecular weight excluding hydrogens is 246 g/mol. The lowest BCUT2D eigenvalue weighted by atomic mass is 9.94. The van der Waals surface area contributed by atoms with Crippen LogP contribution in [0.5, 0.6) is 0 Å². The number of nitrogens with zero attached hydrogens (tertiary/aromatic N) is 1. The molecule has 18 heavy (non-hydrogen) atoms. The molecule has 5 atom stereocenters. The number of likely N-dealkylation sites (tertiary alicyclic amines) is 1. The number of hydrogen-bond donors (Lipinski definition) is 1. The number of fused-ring (bicyclic) bond motifs is 1. The van der Waals surface area contributed by atoms with E-state index in [1.54, 1.807) is 0 Å². The molecule has 1 aliphatic carbocycles. The normalized spacial score (nSPS) is 45.1. The van der Waals surface area contributed by atoms with Crippen LogP contribution in [0.3, 0.4) is 0 Å². The fourth-order valence-corrected chi connectivity index (χ4v) is 5.57. The van der Waals surface area contributed by atoms with Gasteiger partial charge in [-0.3, -0.25) is 9.69 Å². The van der Waals surface area contributed by atoms with Gasteiger partial charge in [0.05, 0.1) is 0 Å². The highest BCUT2D eigenvalue weighted by Gasteiger charge is 2.50. The van der Waals surface area contributed by atoms with Crippen molar-refractivity contribution in [1.29, 1.82) is 0 Å². The zero-order valence-corrected chi connectivity index (χ0v) is 11.9. The number of carboxylic acids is 1. The minimum atomic E-state index is -0.577. The summed E-state index contributed by atoms with van der Waals surface area (Å²) in [6, 6.07) is 0.305. The molecule has 0 aromatic heterocycles. The first-order chi connectivity index (χ1) is 8.68. The molecule has 1 saturated carbocycles. The molecule has 102 valence electrons. The van der Waals surface area contributed by atoms with Gasteiger partial charge in [-0.05, 0) is 43.3 Å². The van der Waals surface area contributed by atoms with E-state index in [1.165, 1.54) is 31.4 Å². The average Bonchev–Trinajstić information content (AvgIpc) is 2.88. The first-order valence-electron chi connectivity index (χ1n) is 7.28. The molecule has 0 amide bonds. The van der Waals surface area contributed by atoms with Gasteiger partial charge in [-0.2, -0.15) is 11.8 Å². The molecule has 2 aliphatic heterocycles. The molecule has 1 N–H and O–H groups in total. The van der Waals surface area contributed by atoms with Gasteiger partial charge < -0.3 is 5.11 Å². The predicted molar refractivity (Wildman–Crippen MR) is 73.9 cm³/mol. The fraction of sp³-hybridized carbons (Fsp3) is 0.929. The summed E-state index contributed by atoms with van der Waals surface area (Å²) in [7, 11) is 0. The van der Waals surface area contributed by atoms with Gasteiger partial charge in [0.25, 0.3) is 0 Å². The fourth-order valence-electron chi connectivity index (χ4n) is 4.35. The van der Waals surface area contributed by atoms with Crippen molar-refractivity contribution in [2.24, 2.45) is 11.8 Å². The van der Waals surface area contributed by atoms with E-state index >= 15 is 0 Å². The Morgan fingerprint density at radius 1 is 1.28 bits per heavy atom. The quantitative estimate of drug-likeness (QED) is 0.836. The van der Waals surface area contributed by atoms with Gasteiger partial charge in [-0.15, -0.1) is 0 Å². The number of thioether (sulfide) groups is 1. The van der Waals surface area contributed by atoms with E-state index in [2.05, 4.69) is 11.8 Å². The third kappa shape index (κ3) is 2.07. The van der Waals surface area contributed by atoms with E-state index < -0.39 is 5.97 Å². The van der Waals surface area contributed by atoms with Crippen LogP contribution in [-0.2, 0) is 4.79 Å². The van der Waals surface area contributed by atoms with Crippen LogP contribution in [0.4, 0.5) is 0 Å². The van der Waals surface area contributed by atoms with Crippen LogP contribution in [0.1, 0.15) is 39.0 Å². The van der Waals surface area contributed by atoms with Crippen LogP contribution in [0.15, 0.2) is 0 Å². The Morgan fingerprint density at radius 2 is 2.11 bits per heavy atom. The number of carboxylic acid groups (broad SMARTS) is 1. The Balaban J connectivity index is 1.80. The lowest BCUT2D eigenvalue weighted by molar-refractivity contribution is -0.144. The molecule has 0 aromatic rings. The summed E-state index contributed by atoms with van der Waals surface area (Å²) >= 11 is 2.02. The van der Waals surface area contributed by atoms with Crippen LogP contribution in [-0.4, -0.2) is 45.6 Å². The molecule has 3 nitrogen and oxygen atoms in total. The minimum Gasteiger partial charge on any atom is -0.480 e. The van der Waals surface area contributed by atoms with E-state index in [9.17, 15) is 9.90 Å². The summed E-state index contributed by atoms with van der Waals surface area (Å²) in [5, 5.41) is 10.2. The predicted octanol–water partition coefficient (Wildman–Crippen LogP) is 2.46. The van der Waals surface area contributed by atoms with Crippen molar-refractivity contribution < 1.29 is 9.90 Å². The molecular formula is C14H23NO2S. The standard InChI is InChI=1S/C14H23NO2S/c1-9-12(6-3-7-18-9)15-8-10-4-2-5-11(10)13(15)14(16)17/h9-13H,2-8H2,1H3,(H,16,17). The van der Waals surface area contributed by atoms with Crippen molar-refractivity contribution >= 4 is 17.7 Å². The Morgan fingerprint density at radius 3 is 2.83 bits per heavy atom. The van der Waals surface area contributed by atoms with Gasteiger partial charge in [0.2, 0.25) is 0 Å². The van der Waals surface area contributed by atoms with Crippen LogP contribution in [0.2, 0.25) is 0 Å². The van der Waals surface area contributed by atoms with Crippen molar-refractivity contribution in [3.05, 3.63) is 0 Å². The van der Waals surface area contributed by atoms with Crippen molar-refractivity contribution in [2.75, 3.05) is 12.3 Å². The first kappa shape index (κ1) is 12.8. The number of hydrogen-bond acceptors (Lipinski definition) is 3. The molecule has 2 saturated heterocycles. The van der Waals surface area contributed by atoms with Crippen molar-refractivity contribution in [1.82, 2.24) is 4.90 Å². The van der Waals surface area contributed by atoms with Crippen molar-refractivity contribution in [3.63, 3.8) is 0 Å². The largest absolute Gasteiger partial charge is 0.480 e. The molecule has 3 aliphatic rings. The molecule has 4 heteroatoms. The topological polar surface area (TPSA) is 40.5 Å². The monoisotopic (exact) mass is 269 g/mol. The maximum absolute atomic E-state index is 11.7. The summed E-state index contributed by atoms with van der Waals surface area (Å²) in [6.45, 7) is 3.32. The number of aliphatic carboxylic acids is 1. The molecule has 0 aromatic carbocycles. The van der Waals surface area contributed by atoms with Gasteiger partial charge in [0.1, 0.15) is 6.04 Å². The van der Waals surface area contributed by atoms with Gasteiger partial charge in [0, 0.05) is 17.8 Å². The highest BCUT2D eigenvalue weighted by Crippen LogP contribution is 2.45. The summed E-state index contributed by atoms with van der Waals surface area (Å²) in [5.41, 5.74) is 0. The Kier molecular flexibility index (Phi) is 3.59. The van der Waals surface area contributed by atoms with E-state index in [-0.39, 0.29) is 6.04 Å². The maximum atomic E-state index is 11.7. The van der Waals surface area contributed by atoms with E-state index in [0.29, 0.717) is 23.1 Å². The molecule has 3 fully saturated rings. The molecule has 0 bridgehead atoms. The molecule has 0 radical (unpaired) electrons. The van der Waals surface area contributed by atoms with Crippen LogP contribution < -0.4 is 0 Å². The van der Waals surface area contributed by atoms with Crippen LogP contribution >= 0.6 is 11.8 Å². The highest BCUT2D eigenvalue weighted by atomic mass is 32.2. The zero-order valence-electron chi connectivity index (χ0n) is 11.0. The van der Waals surface area contributed by atoms with Crippen LogP contribution in [0, 0.1) is 11.8 Å². The molecule has 3 rings (SSSR count). The maximum Gasteiger partial charge on any atom is 0.321 e. The second kappa shape index (κ2) is 5.04. The summed E-state index contributed by atoms with van der Waals surface area (Å²) in [5.74, 6) is 1.76. The van der Waals surface area contributed by atoms with E-state index in [0.717, 1.165) is 13.0 Å². The van der Waals surface area contributed by atoms with Gasteiger partial charge >= 0.3 is 5.97 Å². The smallest absolute Gasteiger partial charge is 0.321 e. The van der Waals surface area contributed by atoms with Gasteiger partial charge in [-0.1, -0.05) is 13.3 Å². The number of carbonyl (C=O) groups is 1. The Labute approximate surface area is 113 Å². The van der Waals surface area contributed by atoms with Gasteiger partial charge in [0.15, 0.2) is 0 Å². The third-order valence-electron chi connectivity index (χ3n) is 5.17. The van der Waals surface area contributed by atoms with Gasteiger partial charge in [-0.25, -0.2) is 0 Å². The Hall–Kier alpha value is -0.220. The Bertz CT molecular complexity index is 336. The summed E-state index contributed by atoms with van der Waals surface area (Å²) < 4.78 is 0. The van der Waals surface area contributed by atoms with E-state index in [4.69, 9.17) is 0 Å². The summed E-state index contributed by atoms with van der Waals surface area (Å²) in [6.07, 6.45) is 6.06. The third-order valence-corrected chi connectivity index (χ3v) is 6.54. The second-order valence-electron chi connectivity index (χ2n) is 6.12. The van der Waals surface area contributed by atoms with Crippen molar-refractivity contribution in [3.8, 4) is 0 Å². The van der Waals surface area contributed by atoms with Crippen molar-refractivity contribution in [2.45, 2.75) is 56.4 Å². The SMILES string of the molecule is CC1SCCCC1N1CC2CCCC2C1C(=O)O. The summed E-state index contributed by atoms with van der Waals surface area (Å²) in [4.78, 5) is 14.0. The van der Waals surface area contributed by atoms with E-state index in [1.807, 2.05) is 11.8 Å². The molecule has 2 heterocycles. The lowest BCUT2D eigenvalue weighted by Gasteiger charge is -2.38. The minimum absolute atomic E-state index is 0.191. The molecule has 0 spiro atoms. The molecule has 5 unspecified atom stereocenters. The first-order valence-corrected chi connectivity index (χ1v) is 8.33.